The Kier molecular flexibility index (Phi) is 6.87. The summed E-state index contributed by atoms with van der Waals surface area (Å²) in [5, 5.41) is 13.3. The molecule has 0 unspecified atom stereocenters. The number of ether oxygens (including phenoxy) is 2. The standard InChI is InChI=1S/C19H20N2O6/c1-13(2)11-26-15-7-5-6-14(10-15)19(23)27-12-18(22)20-16-8-3-4-9-17(16)21(24)25/h3-10,13H,11-12H2,1-2H3,(H,20,22). The number of nitrogens with one attached hydrogen (secondary N) is 1. The van der Waals surface area contributed by atoms with Crippen molar-refractivity contribution in [3.8, 4) is 5.75 Å². The summed E-state index contributed by atoms with van der Waals surface area (Å²) in [5.41, 5.74) is 0.0366. The van der Waals surface area contributed by atoms with Crippen LogP contribution in [0.15, 0.2) is 48.5 Å². The van der Waals surface area contributed by atoms with Gasteiger partial charge in [0.2, 0.25) is 0 Å². The van der Waals surface area contributed by atoms with E-state index in [1.165, 1.54) is 24.3 Å². The van der Waals surface area contributed by atoms with Crippen LogP contribution in [0.2, 0.25) is 0 Å². The molecule has 27 heavy (non-hydrogen) atoms. The lowest BCUT2D eigenvalue weighted by Crippen LogP contribution is -2.21. The molecule has 2 rings (SSSR count). The second kappa shape index (κ2) is 9.33. The van der Waals surface area contributed by atoms with Crippen molar-refractivity contribution in [2.75, 3.05) is 18.5 Å². The second-order valence-corrected chi connectivity index (χ2v) is 6.13. The van der Waals surface area contributed by atoms with Crippen LogP contribution >= 0.6 is 0 Å². The molecular formula is C19H20N2O6. The molecule has 0 heterocycles. The van der Waals surface area contributed by atoms with E-state index >= 15 is 0 Å². The zero-order chi connectivity index (χ0) is 19.8. The van der Waals surface area contributed by atoms with E-state index in [-0.39, 0.29) is 16.9 Å². The van der Waals surface area contributed by atoms with Gasteiger partial charge in [0.05, 0.1) is 17.1 Å². The van der Waals surface area contributed by atoms with Crippen molar-refractivity contribution in [3.05, 3.63) is 64.2 Å². The second-order valence-electron chi connectivity index (χ2n) is 6.13. The molecule has 0 saturated carbocycles. The molecule has 0 saturated heterocycles. The Bertz CT molecular complexity index is 834. The van der Waals surface area contributed by atoms with Crippen molar-refractivity contribution in [2.24, 2.45) is 5.92 Å². The minimum Gasteiger partial charge on any atom is -0.493 e. The largest absolute Gasteiger partial charge is 0.493 e. The topological polar surface area (TPSA) is 108 Å². The molecule has 2 aromatic rings. The Hall–Kier alpha value is -3.42. The highest BCUT2D eigenvalue weighted by molar-refractivity contribution is 5.96. The fourth-order valence-electron chi connectivity index (χ4n) is 2.12. The number of carbonyl (C=O) groups excluding carboxylic acids is 2. The fourth-order valence-corrected chi connectivity index (χ4v) is 2.12. The first-order valence-corrected chi connectivity index (χ1v) is 8.30. The SMILES string of the molecule is CC(C)COc1cccc(C(=O)OCC(=O)Nc2ccccc2[N+](=O)[O-])c1. The fraction of sp³-hybridized carbons (Fsp3) is 0.263. The number of rotatable bonds is 8. The molecule has 0 aliphatic heterocycles. The summed E-state index contributed by atoms with van der Waals surface area (Å²) < 4.78 is 10.5. The molecule has 142 valence electrons. The highest BCUT2D eigenvalue weighted by atomic mass is 16.6. The lowest BCUT2D eigenvalue weighted by molar-refractivity contribution is -0.383. The number of nitro groups is 1. The van der Waals surface area contributed by atoms with Crippen molar-refractivity contribution < 1.29 is 24.0 Å². The van der Waals surface area contributed by atoms with Crippen molar-refractivity contribution in [1.82, 2.24) is 0 Å². The van der Waals surface area contributed by atoms with Gasteiger partial charge in [-0.1, -0.05) is 32.0 Å². The summed E-state index contributed by atoms with van der Waals surface area (Å²) in [6.45, 7) is 3.96. The van der Waals surface area contributed by atoms with Gasteiger partial charge in [-0.25, -0.2) is 4.79 Å². The maximum atomic E-state index is 12.1. The normalized spacial score (nSPS) is 10.3. The molecule has 0 fully saturated rings. The van der Waals surface area contributed by atoms with Gasteiger partial charge in [0.25, 0.3) is 11.6 Å². The summed E-state index contributed by atoms with van der Waals surface area (Å²) in [6.07, 6.45) is 0. The van der Waals surface area contributed by atoms with Gasteiger partial charge in [0.1, 0.15) is 11.4 Å². The quantitative estimate of drug-likeness (QED) is 0.432. The molecule has 0 aliphatic carbocycles. The molecule has 0 atom stereocenters. The Morgan fingerprint density at radius 1 is 1.15 bits per heavy atom. The van der Waals surface area contributed by atoms with E-state index in [0.717, 1.165) is 0 Å². The van der Waals surface area contributed by atoms with Gasteiger partial charge >= 0.3 is 5.97 Å². The summed E-state index contributed by atoms with van der Waals surface area (Å²) in [6, 6.07) is 12.2. The van der Waals surface area contributed by atoms with E-state index in [9.17, 15) is 19.7 Å². The molecule has 0 radical (unpaired) electrons. The Balaban J connectivity index is 1.93. The highest BCUT2D eigenvalue weighted by Crippen LogP contribution is 2.23. The van der Waals surface area contributed by atoms with Crippen LogP contribution in [0.3, 0.4) is 0 Å². The molecule has 0 bridgehead atoms. The third-order valence-electron chi connectivity index (χ3n) is 3.36. The summed E-state index contributed by atoms with van der Waals surface area (Å²) in [7, 11) is 0. The van der Waals surface area contributed by atoms with Crippen LogP contribution in [0.1, 0.15) is 24.2 Å². The van der Waals surface area contributed by atoms with E-state index in [2.05, 4.69) is 5.32 Å². The number of esters is 1. The Morgan fingerprint density at radius 3 is 2.59 bits per heavy atom. The van der Waals surface area contributed by atoms with E-state index in [4.69, 9.17) is 9.47 Å². The number of carbonyl (C=O) groups is 2. The van der Waals surface area contributed by atoms with Gasteiger partial charge in [0.15, 0.2) is 6.61 Å². The van der Waals surface area contributed by atoms with Crippen LogP contribution in [0.25, 0.3) is 0 Å². The van der Waals surface area contributed by atoms with Gasteiger partial charge in [-0.3, -0.25) is 14.9 Å². The molecule has 0 spiro atoms. The Labute approximate surface area is 156 Å². The van der Waals surface area contributed by atoms with Crippen molar-refractivity contribution in [2.45, 2.75) is 13.8 Å². The van der Waals surface area contributed by atoms with E-state index < -0.39 is 23.4 Å². The number of nitro benzene ring substituents is 1. The molecule has 0 aromatic heterocycles. The average Bonchev–Trinajstić information content (AvgIpc) is 2.65. The summed E-state index contributed by atoms with van der Waals surface area (Å²) in [4.78, 5) is 34.4. The lowest BCUT2D eigenvalue weighted by Gasteiger charge is -2.10. The number of nitrogens with zero attached hydrogens (tertiary/aromatic N) is 1. The maximum absolute atomic E-state index is 12.1. The van der Waals surface area contributed by atoms with Crippen LogP contribution in [0.4, 0.5) is 11.4 Å². The van der Waals surface area contributed by atoms with E-state index in [1.54, 1.807) is 24.3 Å². The number of para-hydroxylation sites is 2. The van der Waals surface area contributed by atoms with Gasteiger partial charge in [-0.15, -0.1) is 0 Å². The summed E-state index contributed by atoms with van der Waals surface area (Å²) in [5.74, 6) is -0.499. The molecule has 8 nitrogen and oxygen atoms in total. The number of hydrogen-bond acceptors (Lipinski definition) is 6. The first-order chi connectivity index (χ1) is 12.9. The first-order valence-electron chi connectivity index (χ1n) is 8.30. The van der Waals surface area contributed by atoms with E-state index in [0.29, 0.717) is 18.3 Å². The van der Waals surface area contributed by atoms with Crippen molar-refractivity contribution >= 4 is 23.3 Å². The smallest absolute Gasteiger partial charge is 0.338 e. The van der Waals surface area contributed by atoms with Crippen LogP contribution < -0.4 is 10.1 Å². The third-order valence-corrected chi connectivity index (χ3v) is 3.36. The molecule has 1 amide bonds. The van der Waals surface area contributed by atoms with E-state index in [1.807, 2.05) is 13.8 Å². The molecule has 8 heteroatoms. The molecule has 0 aliphatic rings. The predicted octanol–water partition coefficient (Wildman–Crippen LogP) is 3.43. The van der Waals surface area contributed by atoms with Gasteiger partial charge in [-0.05, 0) is 30.2 Å². The van der Waals surface area contributed by atoms with Crippen LogP contribution in [0, 0.1) is 16.0 Å². The summed E-state index contributed by atoms with van der Waals surface area (Å²) >= 11 is 0. The minimum atomic E-state index is -0.692. The average molecular weight is 372 g/mol. The maximum Gasteiger partial charge on any atom is 0.338 e. The number of hydrogen-bond donors (Lipinski definition) is 1. The molecular weight excluding hydrogens is 352 g/mol. The first kappa shape index (κ1) is 19.9. The third kappa shape index (κ3) is 6.10. The zero-order valence-corrected chi connectivity index (χ0v) is 15.0. The zero-order valence-electron chi connectivity index (χ0n) is 15.0. The van der Waals surface area contributed by atoms with Gasteiger partial charge < -0.3 is 14.8 Å². The van der Waals surface area contributed by atoms with Gasteiger partial charge in [-0.2, -0.15) is 0 Å². The van der Waals surface area contributed by atoms with Gasteiger partial charge in [0, 0.05) is 6.07 Å². The monoisotopic (exact) mass is 372 g/mol. The van der Waals surface area contributed by atoms with Crippen molar-refractivity contribution in [3.63, 3.8) is 0 Å². The number of amides is 1. The van der Waals surface area contributed by atoms with Crippen LogP contribution in [0.5, 0.6) is 5.75 Å². The van der Waals surface area contributed by atoms with Crippen molar-refractivity contribution in [1.29, 1.82) is 0 Å². The minimum absolute atomic E-state index is 0.0348. The highest BCUT2D eigenvalue weighted by Gasteiger charge is 2.16. The molecule has 1 N–H and O–H groups in total. The number of benzene rings is 2. The Morgan fingerprint density at radius 2 is 1.89 bits per heavy atom. The lowest BCUT2D eigenvalue weighted by atomic mass is 10.2. The number of anilines is 1. The van der Waals surface area contributed by atoms with Crippen LogP contribution in [-0.4, -0.2) is 30.0 Å². The van der Waals surface area contributed by atoms with Crippen LogP contribution in [-0.2, 0) is 9.53 Å². The predicted molar refractivity (Wildman–Crippen MR) is 98.8 cm³/mol. The molecule has 2 aromatic carbocycles.